The molecular weight excluding hydrogens is 562 g/mol. The van der Waals surface area contributed by atoms with Crippen LogP contribution >= 0.6 is 16.1 Å². The van der Waals surface area contributed by atoms with Crippen molar-refractivity contribution < 1.29 is 32.1 Å². The molecule has 2 heterocycles. The molecule has 0 bridgehead atoms. The fourth-order valence-electron chi connectivity index (χ4n) is 4.61. The quantitative estimate of drug-likeness (QED) is 0.189. The first-order valence-electron chi connectivity index (χ1n) is 13.6. The number of rotatable bonds is 18. The smallest absolute Gasteiger partial charge is 0.330 e. The van der Waals surface area contributed by atoms with Gasteiger partial charge in [0.2, 0.25) is 0 Å². The molecule has 13 nitrogen and oxygen atoms in total. The largest absolute Gasteiger partial charge is 0.374 e. The summed E-state index contributed by atoms with van der Waals surface area (Å²) in [6.45, 7) is 12.4. The van der Waals surface area contributed by atoms with Gasteiger partial charge in [-0.1, -0.05) is 0 Å². The lowest BCUT2D eigenvalue weighted by molar-refractivity contribution is -0.0547. The number of nitriles is 1. The fourth-order valence-corrected chi connectivity index (χ4v) is 8.07. The molecule has 0 aromatic carbocycles. The van der Waals surface area contributed by atoms with Gasteiger partial charge in [0.05, 0.1) is 44.6 Å². The van der Waals surface area contributed by atoms with Crippen molar-refractivity contribution in [2.24, 2.45) is 0 Å². The molecule has 40 heavy (non-hydrogen) atoms. The molecule has 0 radical (unpaired) electrons. The maximum atomic E-state index is 13.0. The van der Waals surface area contributed by atoms with Crippen LogP contribution in [0.3, 0.4) is 0 Å². The molecule has 5 atom stereocenters. The van der Waals surface area contributed by atoms with E-state index in [0.29, 0.717) is 12.8 Å². The standard InChI is InChI=1S/C25H44N4O9P2/c1-8-35-40(32,36-9-2)17-10-12-20-22(38-39(34-16-11-14-26)29(18(3)4)19(5)6)23(33-7)24(37-20)28-15-13-21(30)27-25(28)31/h13,15,18-20,22-24H,8-12,16-17H2,1-7H3,(H,27,30,31)/t20-,22?,23?,24-,39?/m1/s1. The van der Waals surface area contributed by atoms with Crippen molar-refractivity contribution in [3.63, 3.8) is 0 Å². The van der Waals surface area contributed by atoms with E-state index in [1.807, 2.05) is 27.7 Å². The van der Waals surface area contributed by atoms with Crippen LogP contribution in [0.2, 0.25) is 0 Å². The Morgan fingerprint density at radius 3 is 2.35 bits per heavy atom. The number of H-pyrrole nitrogens is 1. The van der Waals surface area contributed by atoms with E-state index in [1.54, 1.807) is 13.8 Å². The molecule has 1 aromatic heterocycles. The second-order valence-corrected chi connectivity index (χ2v) is 13.3. The van der Waals surface area contributed by atoms with Gasteiger partial charge in [0.25, 0.3) is 14.1 Å². The number of ether oxygens (including phenoxy) is 2. The maximum Gasteiger partial charge on any atom is 0.330 e. The third kappa shape index (κ3) is 9.55. The summed E-state index contributed by atoms with van der Waals surface area (Å²) in [5, 5.41) is 9.07. The first-order chi connectivity index (χ1) is 19.0. The Morgan fingerprint density at radius 1 is 1.18 bits per heavy atom. The second kappa shape index (κ2) is 16.9. The minimum Gasteiger partial charge on any atom is -0.374 e. The predicted molar refractivity (Wildman–Crippen MR) is 151 cm³/mol. The lowest BCUT2D eigenvalue weighted by atomic mass is 10.1. The lowest BCUT2D eigenvalue weighted by Gasteiger charge is -2.38. The number of nitrogens with one attached hydrogen (secondary N) is 1. The van der Waals surface area contributed by atoms with E-state index in [9.17, 15) is 14.2 Å². The highest BCUT2D eigenvalue weighted by molar-refractivity contribution is 7.53. The Morgan fingerprint density at radius 2 is 1.82 bits per heavy atom. The van der Waals surface area contributed by atoms with Crippen LogP contribution in [0.25, 0.3) is 0 Å². The summed E-state index contributed by atoms with van der Waals surface area (Å²) in [7, 11) is -3.44. The number of methoxy groups -OCH3 is 1. The van der Waals surface area contributed by atoms with Crippen LogP contribution in [0.5, 0.6) is 0 Å². The summed E-state index contributed by atoms with van der Waals surface area (Å²) in [6.07, 6.45) is -0.371. The van der Waals surface area contributed by atoms with Gasteiger partial charge in [-0.05, 0) is 54.4 Å². The van der Waals surface area contributed by atoms with E-state index >= 15 is 0 Å². The molecule has 1 aromatic rings. The van der Waals surface area contributed by atoms with Crippen LogP contribution in [0, 0.1) is 11.3 Å². The van der Waals surface area contributed by atoms with Crippen LogP contribution in [-0.4, -0.2) is 77.7 Å². The molecule has 0 spiro atoms. The monoisotopic (exact) mass is 606 g/mol. The Labute approximate surface area is 237 Å². The van der Waals surface area contributed by atoms with Gasteiger partial charge in [0.15, 0.2) is 6.23 Å². The van der Waals surface area contributed by atoms with E-state index in [2.05, 4.69) is 15.7 Å². The molecule has 0 amide bonds. The lowest BCUT2D eigenvalue weighted by Crippen LogP contribution is -2.41. The van der Waals surface area contributed by atoms with Crippen molar-refractivity contribution in [2.75, 3.05) is 33.1 Å². The summed E-state index contributed by atoms with van der Waals surface area (Å²) < 4.78 is 52.2. The minimum atomic E-state index is -3.27. The average Bonchev–Trinajstić information content (AvgIpc) is 3.20. The Bertz CT molecular complexity index is 1090. The van der Waals surface area contributed by atoms with Gasteiger partial charge < -0.3 is 27.6 Å². The topological polar surface area (TPSA) is 154 Å². The van der Waals surface area contributed by atoms with Crippen molar-refractivity contribution in [1.29, 1.82) is 5.26 Å². The highest BCUT2D eigenvalue weighted by Crippen LogP contribution is 2.52. The summed E-state index contributed by atoms with van der Waals surface area (Å²) in [5.41, 5.74) is -1.17. The molecule has 1 fully saturated rings. The van der Waals surface area contributed by atoms with Gasteiger partial charge in [-0.2, -0.15) is 5.26 Å². The summed E-state index contributed by atoms with van der Waals surface area (Å²) in [6, 6.07) is 3.45. The zero-order valence-corrected chi connectivity index (χ0v) is 26.3. The van der Waals surface area contributed by atoms with Gasteiger partial charge in [-0.15, -0.1) is 0 Å². The molecule has 1 aliphatic rings. The maximum absolute atomic E-state index is 13.0. The molecule has 228 valence electrons. The Hall–Kier alpha value is -1.45. The third-order valence-electron chi connectivity index (χ3n) is 6.13. The number of aromatic amines is 1. The summed E-state index contributed by atoms with van der Waals surface area (Å²) >= 11 is 0. The number of hydrogen-bond acceptors (Lipinski definition) is 11. The van der Waals surface area contributed by atoms with Crippen molar-refractivity contribution >= 4 is 16.1 Å². The van der Waals surface area contributed by atoms with Gasteiger partial charge in [-0.3, -0.25) is 18.9 Å². The predicted octanol–water partition coefficient (Wildman–Crippen LogP) is 4.16. The van der Waals surface area contributed by atoms with Crippen molar-refractivity contribution in [1.82, 2.24) is 14.2 Å². The number of hydrogen-bond donors (Lipinski definition) is 1. The van der Waals surface area contributed by atoms with Crippen molar-refractivity contribution in [3.05, 3.63) is 33.1 Å². The van der Waals surface area contributed by atoms with E-state index < -0.39 is 51.9 Å². The fraction of sp³-hybridized carbons (Fsp3) is 0.800. The van der Waals surface area contributed by atoms with E-state index in [-0.39, 0.29) is 44.5 Å². The Kier molecular flexibility index (Phi) is 14.6. The molecule has 1 N–H and O–H groups in total. The first kappa shape index (κ1) is 34.7. The molecular formula is C25H44N4O9P2. The van der Waals surface area contributed by atoms with Crippen LogP contribution in [0.1, 0.15) is 67.0 Å². The summed E-state index contributed by atoms with van der Waals surface area (Å²) in [5.74, 6) is 0. The van der Waals surface area contributed by atoms with E-state index in [1.165, 1.54) is 23.9 Å². The molecule has 1 aliphatic heterocycles. The third-order valence-corrected chi connectivity index (χ3v) is 10.4. The van der Waals surface area contributed by atoms with Gasteiger partial charge in [-0.25, -0.2) is 9.46 Å². The molecule has 3 unspecified atom stereocenters. The average molecular weight is 607 g/mol. The zero-order valence-electron chi connectivity index (χ0n) is 24.5. The van der Waals surface area contributed by atoms with Crippen molar-refractivity contribution in [2.45, 2.75) is 97.4 Å². The van der Waals surface area contributed by atoms with Crippen LogP contribution in [-0.2, 0) is 32.1 Å². The normalized spacial score (nSPS) is 22.3. The molecule has 15 heteroatoms. The van der Waals surface area contributed by atoms with Gasteiger partial charge >= 0.3 is 13.3 Å². The Balaban J connectivity index is 2.42. The van der Waals surface area contributed by atoms with Crippen LogP contribution < -0.4 is 11.2 Å². The first-order valence-corrected chi connectivity index (χ1v) is 16.5. The van der Waals surface area contributed by atoms with Gasteiger partial charge in [0.1, 0.15) is 12.2 Å². The number of aromatic nitrogens is 2. The van der Waals surface area contributed by atoms with E-state index in [0.717, 1.165) is 0 Å². The highest BCUT2D eigenvalue weighted by Gasteiger charge is 2.49. The zero-order chi connectivity index (χ0) is 29.9. The van der Waals surface area contributed by atoms with Crippen LogP contribution in [0.4, 0.5) is 0 Å². The molecule has 1 saturated heterocycles. The number of nitrogens with zero attached hydrogens (tertiary/aromatic N) is 3. The molecule has 2 rings (SSSR count). The SMILES string of the molecule is CCOP(=O)(CCC[C@H]1O[C@@H](n2ccc(=O)[nH]c2=O)C(OC)C1OP(OCCC#N)N(C(C)C)C(C)C)OCC. The van der Waals surface area contributed by atoms with Crippen LogP contribution in [0.15, 0.2) is 21.9 Å². The molecule has 0 aliphatic carbocycles. The van der Waals surface area contributed by atoms with E-state index in [4.69, 9.17) is 32.8 Å². The minimum absolute atomic E-state index is 0.0656. The molecule has 0 saturated carbocycles. The van der Waals surface area contributed by atoms with Crippen molar-refractivity contribution in [3.8, 4) is 6.07 Å². The van der Waals surface area contributed by atoms with Gasteiger partial charge in [0, 0.05) is 31.5 Å². The summed E-state index contributed by atoms with van der Waals surface area (Å²) in [4.78, 5) is 26.6. The second-order valence-electron chi connectivity index (χ2n) is 9.71. The highest BCUT2D eigenvalue weighted by atomic mass is 31.2.